The van der Waals surface area contributed by atoms with Gasteiger partial charge in [-0.2, -0.15) is 0 Å². The summed E-state index contributed by atoms with van der Waals surface area (Å²) in [4.78, 5) is 14.2. The number of rotatable bonds is 2. The average molecular weight is 396 g/mol. The van der Waals surface area contributed by atoms with Gasteiger partial charge in [0.2, 0.25) is 0 Å². The topological polar surface area (TPSA) is 78.8 Å². The Labute approximate surface area is 142 Å². The molecule has 2 aliphatic heterocycles. The normalized spacial score (nSPS) is 18.8. The van der Waals surface area contributed by atoms with Crippen LogP contribution in [0.4, 0.5) is 5.69 Å². The number of hydrogen-bond acceptors (Lipinski definition) is 4. The van der Waals surface area contributed by atoms with E-state index >= 15 is 0 Å². The molecule has 0 radical (unpaired) electrons. The third-order valence-electron chi connectivity index (χ3n) is 3.53. The number of amides is 1. The first-order valence-electron chi connectivity index (χ1n) is 6.91. The molecule has 0 spiro atoms. The first-order valence-corrected chi connectivity index (χ1v) is 9.31. The maximum absolute atomic E-state index is 12.5. The monoisotopic (exact) mass is 395 g/mol. The van der Waals surface area contributed by atoms with Gasteiger partial charge in [-0.05, 0) is 36.8 Å². The van der Waals surface area contributed by atoms with Crippen molar-refractivity contribution in [3.63, 3.8) is 0 Å². The van der Waals surface area contributed by atoms with Crippen molar-refractivity contribution in [2.75, 3.05) is 17.6 Å². The third kappa shape index (κ3) is 3.37. The Hall–Kier alpha value is -1.93. The molecule has 120 valence electrons. The van der Waals surface area contributed by atoms with Crippen molar-refractivity contribution in [1.82, 2.24) is 4.90 Å². The molecule has 8 heteroatoms. The van der Waals surface area contributed by atoms with Crippen molar-refractivity contribution in [1.29, 1.82) is 0 Å². The van der Waals surface area contributed by atoms with Crippen molar-refractivity contribution < 1.29 is 13.2 Å². The fraction of sp³-hybridized carbons (Fsp3) is 0.200. The quantitative estimate of drug-likeness (QED) is 0.832. The number of carbonyl (C=O) groups excluding carboxylic acids is 1. The molecule has 0 fully saturated rings. The molecule has 1 amide bonds. The van der Waals surface area contributed by atoms with Crippen molar-refractivity contribution >= 4 is 43.4 Å². The number of nitrogens with one attached hydrogen (secondary N) is 1. The van der Waals surface area contributed by atoms with E-state index in [0.717, 1.165) is 10.0 Å². The summed E-state index contributed by atoms with van der Waals surface area (Å²) in [5.74, 6) is -0.283. The second-order valence-electron chi connectivity index (χ2n) is 5.23. The molecule has 2 aliphatic rings. The van der Waals surface area contributed by atoms with E-state index in [2.05, 4.69) is 25.6 Å². The fourth-order valence-electron chi connectivity index (χ4n) is 2.26. The second kappa shape index (κ2) is 5.93. The van der Waals surface area contributed by atoms with E-state index in [4.69, 9.17) is 0 Å². The van der Waals surface area contributed by atoms with E-state index in [-0.39, 0.29) is 17.2 Å². The van der Waals surface area contributed by atoms with Crippen LogP contribution in [-0.2, 0) is 14.8 Å². The number of sulfonamides is 1. The molecular weight excluding hydrogens is 382 g/mol. The van der Waals surface area contributed by atoms with E-state index in [0.29, 0.717) is 12.2 Å². The number of anilines is 1. The molecule has 0 bridgehead atoms. The zero-order valence-electron chi connectivity index (χ0n) is 12.3. The Bertz CT molecular complexity index is 872. The molecule has 0 saturated carbocycles. The van der Waals surface area contributed by atoms with Gasteiger partial charge in [0.15, 0.2) is 5.84 Å². The standard InChI is InChI=1S/C15H14BrN3O3S/c1-10-4-5-11(9-13(10)16)17-15(20)12-3-2-6-19-7-8-23(21,22)18-14(12)19/h2-6,9H,7-8H2,1H3,(H,17,20). The van der Waals surface area contributed by atoms with E-state index in [1.54, 1.807) is 35.4 Å². The minimum Gasteiger partial charge on any atom is -0.331 e. The van der Waals surface area contributed by atoms with Crippen LogP contribution in [0.25, 0.3) is 0 Å². The number of carbonyl (C=O) groups is 1. The molecular formula is C15H14BrN3O3S. The molecule has 0 atom stereocenters. The van der Waals surface area contributed by atoms with Gasteiger partial charge in [0, 0.05) is 22.9 Å². The summed E-state index contributed by atoms with van der Waals surface area (Å²) < 4.78 is 28.0. The molecule has 2 heterocycles. The van der Waals surface area contributed by atoms with Crippen LogP contribution in [-0.4, -0.2) is 37.4 Å². The van der Waals surface area contributed by atoms with Gasteiger partial charge >= 0.3 is 0 Å². The van der Waals surface area contributed by atoms with E-state index in [1.807, 2.05) is 13.0 Å². The van der Waals surface area contributed by atoms with Crippen LogP contribution >= 0.6 is 15.9 Å². The van der Waals surface area contributed by atoms with Crippen molar-refractivity contribution in [3.05, 3.63) is 52.2 Å². The highest BCUT2D eigenvalue weighted by Crippen LogP contribution is 2.23. The number of aryl methyl sites for hydroxylation is 1. The van der Waals surface area contributed by atoms with Crippen LogP contribution in [0.5, 0.6) is 0 Å². The summed E-state index contributed by atoms with van der Waals surface area (Å²) in [7, 11) is -3.52. The lowest BCUT2D eigenvalue weighted by molar-refractivity contribution is -0.112. The molecule has 23 heavy (non-hydrogen) atoms. The summed E-state index contributed by atoms with van der Waals surface area (Å²) in [5.41, 5.74) is 1.90. The predicted molar refractivity (Wildman–Crippen MR) is 92.7 cm³/mol. The molecule has 0 unspecified atom stereocenters. The van der Waals surface area contributed by atoms with E-state index in [1.165, 1.54) is 0 Å². The second-order valence-corrected chi connectivity index (χ2v) is 7.84. The summed E-state index contributed by atoms with van der Waals surface area (Å²) in [6.45, 7) is 2.24. The Kier molecular flexibility index (Phi) is 4.11. The van der Waals surface area contributed by atoms with Gasteiger partial charge in [-0.1, -0.05) is 22.0 Å². The highest BCUT2D eigenvalue weighted by Gasteiger charge is 2.29. The molecule has 0 saturated heterocycles. The summed E-state index contributed by atoms with van der Waals surface area (Å²) in [6, 6.07) is 5.46. The Morgan fingerprint density at radius 3 is 2.91 bits per heavy atom. The van der Waals surface area contributed by atoms with Gasteiger partial charge in [-0.3, -0.25) is 4.79 Å². The number of fused-ring (bicyclic) bond motifs is 1. The maximum atomic E-state index is 12.5. The van der Waals surface area contributed by atoms with Gasteiger partial charge in [0.05, 0.1) is 11.3 Å². The molecule has 1 aromatic rings. The minimum absolute atomic E-state index is 0.0549. The van der Waals surface area contributed by atoms with Gasteiger partial charge in [-0.25, -0.2) is 8.42 Å². The molecule has 1 N–H and O–H groups in total. The molecule has 1 aromatic carbocycles. The Morgan fingerprint density at radius 2 is 2.17 bits per heavy atom. The molecule has 0 aromatic heterocycles. The third-order valence-corrected chi connectivity index (χ3v) is 5.54. The lowest BCUT2D eigenvalue weighted by Gasteiger charge is -2.28. The maximum Gasteiger partial charge on any atom is 0.259 e. The van der Waals surface area contributed by atoms with Crippen LogP contribution < -0.4 is 5.32 Å². The van der Waals surface area contributed by atoms with Crippen molar-refractivity contribution in [2.24, 2.45) is 4.40 Å². The lowest BCUT2D eigenvalue weighted by Crippen LogP contribution is -2.40. The van der Waals surface area contributed by atoms with Gasteiger partial charge < -0.3 is 10.2 Å². The minimum atomic E-state index is -3.52. The van der Waals surface area contributed by atoms with Crippen LogP contribution in [0.1, 0.15) is 5.56 Å². The highest BCUT2D eigenvalue weighted by molar-refractivity contribution is 9.10. The number of benzene rings is 1. The zero-order valence-corrected chi connectivity index (χ0v) is 14.7. The largest absolute Gasteiger partial charge is 0.331 e. The number of nitrogens with zero attached hydrogens (tertiary/aromatic N) is 2. The van der Waals surface area contributed by atoms with Crippen LogP contribution in [0.15, 0.2) is 51.0 Å². The van der Waals surface area contributed by atoms with Crippen molar-refractivity contribution in [2.45, 2.75) is 6.92 Å². The predicted octanol–water partition coefficient (Wildman–Crippen LogP) is 2.19. The number of halogens is 1. The van der Waals surface area contributed by atoms with Crippen LogP contribution in [0.3, 0.4) is 0 Å². The molecule has 3 rings (SSSR count). The van der Waals surface area contributed by atoms with E-state index in [9.17, 15) is 13.2 Å². The summed E-state index contributed by atoms with van der Waals surface area (Å²) >= 11 is 3.41. The Morgan fingerprint density at radius 1 is 1.39 bits per heavy atom. The smallest absolute Gasteiger partial charge is 0.259 e. The number of allylic oxidation sites excluding steroid dienone is 2. The molecule has 6 nitrogen and oxygen atoms in total. The average Bonchev–Trinajstić information content (AvgIpc) is 2.49. The lowest BCUT2D eigenvalue weighted by atomic mass is 10.1. The molecule has 0 aliphatic carbocycles. The Balaban J connectivity index is 1.89. The number of amidine groups is 1. The van der Waals surface area contributed by atoms with Crippen LogP contribution in [0.2, 0.25) is 0 Å². The van der Waals surface area contributed by atoms with E-state index < -0.39 is 15.9 Å². The number of hydrogen-bond donors (Lipinski definition) is 1. The van der Waals surface area contributed by atoms with Crippen molar-refractivity contribution in [3.8, 4) is 0 Å². The van der Waals surface area contributed by atoms with Gasteiger partial charge in [0.25, 0.3) is 15.9 Å². The van der Waals surface area contributed by atoms with Crippen LogP contribution in [0, 0.1) is 6.92 Å². The summed E-state index contributed by atoms with van der Waals surface area (Å²) in [5, 5.41) is 2.77. The summed E-state index contributed by atoms with van der Waals surface area (Å²) in [6.07, 6.45) is 4.98. The van der Waals surface area contributed by atoms with Gasteiger partial charge in [-0.15, -0.1) is 4.40 Å². The first kappa shape index (κ1) is 15.9. The zero-order chi connectivity index (χ0) is 16.6. The SMILES string of the molecule is Cc1ccc(NC(=O)C2=CC=CN3CCS(=O)(=O)N=C23)cc1Br. The van der Waals surface area contributed by atoms with Gasteiger partial charge in [0.1, 0.15) is 0 Å². The fourth-order valence-corrected chi connectivity index (χ4v) is 3.63. The highest BCUT2D eigenvalue weighted by atomic mass is 79.9. The first-order chi connectivity index (χ1) is 10.9.